The van der Waals surface area contributed by atoms with E-state index in [0.717, 1.165) is 32.5 Å². The van der Waals surface area contributed by atoms with Crippen LogP contribution in [0.3, 0.4) is 0 Å². The van der Waals surface area contributed by atoms with Crippen molar-refractivity contribution in [2.75, 3.05) is 26.2 Å². The Kier molecular flexibility index (Phi) is 5.62. The van der Waals surface area contributed by atoms with Gasteiger partial charge in [-0.15, -0.1) is 0 Å². The number of benzene rings is 2. The molecule has 4 rings (SSSR count). The number of hydrogen-bond acceptors (Lipinski definition) is 3. The molecule has 0 saturated carbocycles. The molecule has 1 atom stereocenters. The third-order valence-electron chi connectivity index (χ3n) is 6.15. The van der Waals surface area contributed by atoms with E-state index in [0.29, 0.717) is 19.0 Å². The van der Waals surface area contributed by atoms with Gasteiger partial charge >= 0.3 is 0 Å². The second-order valence-electron chi connectivity index (χ2n) is 8.23. The van der Waals surface area contributed by atoms with Gasteiger partial charge in [-0.25, -0.2) is 0 Å². The lowest BCUT2D eigenvalue weighted by atomic mass is 9.98. The summed E-state index contributed by atoms with van der Waals surface area (Å²) >= 11 is 0. The number of carbonyl (C=O) groups excluding carboxylic acids is 2. The van der Waals surface area contributed by atoms with E-state index in [1.54, 1.807) is 0 Å². The zero-order valence-electron chi connectivity index (χ0n) is 16.6. The zero-order chi connectivity index (χ0) is 19.5. The number of piperidine rings is 1. The Morgan fingerprint density at radius 3 is 2.61 bits per heavy atom. The van der Waals surface area contributed by atoms with E-state index in [1.165, 1.54) is 16.3 Å². The fourth-order valence-electron chi connectivity index (χ4n) is 4.30. The van der Waals surface area contributed by atoms with Crippen LogP contribution in [0, 0.1) is 5.92 Å². The van der Waals surface area contributed by atoms with Gasteiger partial charge in [-0.05, 0) is 41.2 Å². The number of hydrogen-bond donors (Lipinski definition) is 1. The van der Waals surface area contributed by atoms with Gasteiger partial charge in [0.1, 0.15) is 0 Å². The Labute approximate surface area is 166 Å². The van der Waals surface area contributed by atoms with Crippen molar-refractivity contribution in [2.45, 2.75) is 38.8 Å². The molecule has 2 saturated heterocycles. The highest BCUT2D eigenvalue weighted by atomic mass is 16.2. The molecule has 28 heavy (non-hydrogen) atoms. The molecule has 0 bridgehead atoms. The molecular formula is C23H29N3O2. The highest BCUT2D eigenvalue weighted by Gasteiger charge is 2.33. The lowest BCUT2D eigenvalue weighted by Crippen LogP contribution is -2.56. The number of likely N-dealkylation sites (tertiary alicyclic amines) is 1. The molecule has 0 aliphatic carbocycles. The lowest BCUT2D eigenvalue weighted by molar-refractivity contribution is -0.140. The van der Waals surface area contributed by atoms with Gasteiger partial charge in [-0.3, -0.25) is 14.5 Å². The van der Waals surface area contributed by atoms with E-state index in [2.05, 4.69) is 47.5 Å². The first-order chi connectivity index (χ1) is 13.6. The Bertz CT molecular complexity index is 858. The number of amides is 2. The molecule has 2 aliphatic rings. The average Bonchev–Trinajstić information content (AvgIpc) is 2.71. The smallest absolute Gasteiger partial charge is 0.237 e. The van der Waals surface area contributed by atoms with Gasteiger partial charge in [-0.1, -0.05) is 43.3 Å². The lowest BCUT2D eigenvalue weighted by Gasteiger charge is -2.37. The Balaban J connectivity index is 1.46. The third kappa shape index (κ3) is 4.20. The standard InChI is InChI=1S/C23H29N3O2/c1-17-8-11-25(12-9-17)22(27)15-21-23(28)24-10-13-26(21)16-18-6-7-19-4-2-3-5-20(19)14-18/h2-7,14,17,21H,8-13,15-16H2,1H3,(H,24,28)/t21-/m0/s1. The predicted molar refractivity (Wildman–Crippen MR) is 111 cm³/mol. The number of nitrogens with zero attached hydrogens (tertiary/aromatic N) is 2. The highest BCUT2D eigenvalue weighted by Crippen LogP contribution is 2.21. The van der Waals surface area contributed by atoms with Crippen LogP contribution in [0.4, 0.5) is 0 Å². The average molecular weight is 380 g/mol. The summed E-state index contributed by atoms with van der Waals surface area (Å²) in [5.41, 5.74) is 1.18. The molecule has 0 radical (unpaired) electrons. The third-order valence-corrected chi connectivity index (χ3v) is 6.15. The van der Waals surface area contributed by atoms with Crippen LogP contribution < -0.4 is 5.32 Å². The summed E-state index contributed by atoms with van der Waals surface area (Å²) < 4.78 is 0. The maximum atomic E-state index is 12.8. The molecule has 2 aliphatic heterocycles. The first-order valence-corrected chi connectivity index (χ1v) is 10.4. The minimum absolute atomic E-state index is 0.0224. The fourth-order valence-corrected chi connectivity index (χ4v) is 4.30. The number of rotatable bonds is 4. The second-order valence-corrected chi connectivity index (χ2v) is 8.23. The molecule has 0 unspecified atom stereocenters. The SMILES string of the molecule is CC1CCN(C(=O)C[C@H]2C(=O)NCCN2Cc2ccc3ccccc3c2)CC1. The topological polar surface area (TPSA) is 52.7 Å². The molecule has 2 amide bonds. The van der Waals surface area contributed by atoms with Crippen LogP contribution in [0.15, 0.2) is 42.5 Å². The minimum atomic E-state index is -0.382. The van der Waals surface area contributed by atoms with Gasteiger partial charge in [0.05, 0.1) is 12.5 Å². The fraction of sp³-hybridized carbons (Fsp3) is 0.478. The van der Waals surface area contributed by atoms with Gasteiger partial charge in [-0.2, -0.15) is 0 Å². The Morgan fingerprint density at radius 2 is 1.82 bits per heavy atom. The summed E-state index contributed by atoms with van der Waals surface area (Å²) in [5, 5.41) is 5.36. The van der Waals surface area contributed by atoms with Crippen molar-refractivity contribution in [2.24, 2.45) is 5.92 Å². The molecule has 148 valence electrons. The summed E-state index contributed by atoms with van der Waals surface area (Å²) in [4.78, 5) is 29.5. The zero-order valence-corrected chi connectivity index (χ0v) is 16.6. The van der Waals surface area contributed by atoms with Crippen LogP contribution in [-0.2, 0) is 16.1 Å². The van der Waals surface area contributed by atoms with Crippen molar-refractivity contribution in [3.8, 4) is 0 Å². The Hall–Kier alpha value is -2.40. The van der Waals surface area contributed by atoms with Gasteiger partial charge < -0.3 is 10.2 Å². The van der Waals surface area contributed by atoms with Crippen LogP contribution in [-0.4, -0.2) is 53.8 Å². The minimum Gasteiger partial charge on any atom is -0.353 e. The largest absolute Gasteiger partial charge is 0.353 e. The van der Waals surface area contributed by atoms with Crippen LogP contribution in [0.25, 0.3) is 10.8 Å². The molecule has 0 spiro atoms. The van der Waals surface area contributed by atoms with Gasteiger partial charge in [0.15, 0.2) is 0 Å². The van der Waals surface area contributed by atoms with E-state index in [4.69, 9.17) is 0 Å². The van der Waals surface area contributed by atoms with E-state index in [-0.39, 0.29) is 24.3 Å². The molecule has 2 aromatic carbocycles. The summed E-state index contributed by atoms with van der Waals surface area (Å²) in [5.74, 6) is 0.773. The first kappa shape index (κ1) is 18.9. The quantitative estimate of drug-likeness (QED) is 0.889. The normalized spacial score (nSPS) is 21.7. The van der Waals surface area contributed by atoms with Crippen molar-refractivity contribution in [1.29, 1.82) is 0 Å². The van der Waals surface area contributed by atoms with E-state index >= 15 is 0 Å². The van der Waals surface area contributed by atoms with Crippen LogP contribution in [0.1, 0.15) is 31.7 Å². The second kappa shape index (κ2) is 8.31. The highest BCUT2D eigenvalue weighted by molar-refractivity contribution is 5.89. The van der Waals surface area contributed by atoms with E-state index in [1.807, 2.05) is 17.0 Å². The molecule has 1 N–H and O–H groups in total. The Morgan fingerprint density at radius 1 is 1.07 bits per heavy atom. The van der Waals surface area contributed by atoms with Crippen LogP contribution in [0.5, 0.6) is 0 Å². The maximum absolute atomic E-state index is 12.8. The summed E-state index contributed by atoms with van der Waals surface area (Å²) in [6, 6.07) is 14.4. The van der Waals surface area contributed by atoms with Crippen molar-refractivity contribution < 1.29 is 9.59 Å². The molecule has 5 nitrogen and oxygen atoms in total. The summed E-state index contributed by atoms with van der Waals surface area (Å²) in [6.45, 7) is 5.97. The van der Waals surface area contributed by atoms with Gasteiger partial charge in [0, 0.05) is 32.7 Å². The van der Waals surface area contributed by atoms with Gasteiger partial charge in [0.25, 0.3) is 0 Å². The van der Waals surface area contributed by atoms with Crippen LogP contribution >= 0.6 is 0 Å². The van der Waals surface area contributed by atoms with Gasteiger partial charge in [0.2, 0.25) is 11.8 Å². The summed E-state index contributed by atoms with van der Waals surface area (Å²) in [7, 11) is 0. The molecule has 2 aromatic rings. The maximum Gasteiger partial charge on any atom is 0.237 e. The van der Waals surface area contributed by atoms with E-state index in [9.17, 15) is 9.59 Å². The van der Waals surface area contributed by atoms with Crippen molar-refractivity contribution in [3.63, 3.8) is 0 Å². The molecule has 5 heteroatoms. The number of nitrogens with one attached hydrogen (secondary N) is 1. The predicted octanol–water partition coefficient (Wildman–Crippen LogP) is 2.79. The van der Waals surface area contributed by atoms with Crippen molar-refractivity contribution in [1.82, 2.24) is 15.1 Å². The molecule has 0 aromatic heterocycles. The molecular weight excluding hydrogens is 350 g/mol. The number of piperazine rings is 1. The molecule has 2 heterocycles. The van der Waals surface area contributed by atoms with Crippen molar-refractivity contribution in [3.05, 3.63) is 48.0 Å². The van der Waals surface area contributed by atoms with Crippen LogP contribution in [0.2, 0.25) is 0 Å². The number of carbonyl (C=O) groups is 2. The summed E-state index contributed by atoms with van der Waals surface area (Å²) in [6.07, 6.45) is 2.39. The van der Waals surface area contributed by atoms with Crippen molar-refractivity contribution >= 4 is 22.6 Å². The number of fused-ring (bicyclic) bond motifs is 1. The van der Waals surface area contributed by atoms with E-state index < -0.39 is 0 Å². The first-order valence-electron chi connectivity index (χ1n) is 10.4. The monoisotopic (exact) mass is 379 g/mol. The molecule has 2 fully saturated rings.